The third-order valence-corrected chi connectivity index (χ3v) is 4.30. The summed E-state index contributed by atoms with van der Waals surface area (Å²) in [5.74, 6) is 1.29. The molecule has 1 heterocycles. The molecule has 0 aliphatic carbocycles. The lowest BCUT2D eigenvalue weighted by molar-refractivity contribution is -0.115. The minimum atomic E-state index is -0.151. The van der Waals surface area contributed by atoms with Gasteiger partial charge in [-0.1, -0.05) is 23.7 Å². The van der Waals surface area contributed by atoms with Crippen molar-refractivity contribution in [3.05, 3.63) is 47.2 Å². The van der Waals surface area contributed by atoms with Crippen LogP contribution in [0.5, 0.6) is 0 Å². The zero-order valence-corrected chi connectivity index (χ0v) is 12.9. The lowest BCUT2D eigenvalue weighted by Gasteiger charge is -2.11. The van der Waals surface area contributed by atoms with Gasteiger partial charge in [0.05, 0.1) is 5.25 Å². The molecule has 4 nitrogen and oxygen atoms in total. The fraction of sp³-hybridized carbons (Fsp3) is 0.286. The minimum Gasteiger partial charge on any atom is -0.320 e. The van der Waals surface area contributed by atoms with Crippen LogP contribution in [0, 0.1) is 0 Å². The molecule has 1 aromatic carbocycles. The Kier molecular flexibility index (Phi) is 5.09. The second-order valence-electron chi connectivity index (χ2n) is 4.43. The van der Waals surface area contributed by atoms with Gasteiger partial charge in [-0.3, -0.25) is 10.1 Å². The van der Waals surface area contributed by atoms with E-state index in [1.165, 1.54) is 0 Å². The second-order valence-corrected chi connectivity index (χ2v) is 6.20. The highest BCUT2D eigenvalue weighted by atomic mass is 35.5. The maximum Gasteiger partial charge on any atom is 0.239 e. The summed E-state index contributed by atoms with van der Waals surface area (Å²) in [7, 11) is 1.84. The summed E-state index contributed by atoms with van der Waals surface area (Å²) in [6, 6.07) is 7.66. The normalized spacial score (nSPS) is 12.2. The molecular weight excluding hydrogens is 294 g/mol. The molecule has 20 heavy (non-hydrogen) atoms. The summed E-state index contributed by atoms with van der Waals surface area (Å²) in [5, 5.41) is 3.38. The molecule has 2 rings (SSSR count). The number of rotatable bonds is 5. The van der Waals surface area contributed by atoms with Crippen molar-refractivity contribution in [2.75, 3.05) is 5.32 Å². The molecule has 0 saturated heterocycles. The number of anilines is 1. The number of benzene rings is 1. The van der Waals surface area contributed by atoms with E-state index in [-0.39, 0.29) is 11.2 Å². The Morgan fingerprint density at radius 1 is 1.45 bits per heavy atom. The van der Waals surface area contributed by atoms with E-state index in [9.17, 15) is 4.79 Å². The van der Waals surface area contributed by atoms with Gasteiger partial charge in [0.15, 0.2) is 0 Å². The number of halogens is 1. The first-order valence-corrected chi connectivity index (χ1v) is 7.63. The first-order valence-electron chi connectivity index (χ1n) is 6.20. The Hall–Kier alpha value is -1.46. The van der Waals surface area contributed by atoms with Crippen LogP contribution in [0.2, 0.25) is 5.02 Å². The van der Waals surface area contributed by atoms with Crippen molar-refractivity contribution in [1.29, 1.82) is 0 Å². The van der Waals surface area contributed by atoms with E-state index in [1.54, 1.807) is 28.7 Å². The number of aromatic nitrogens is 2. The Morgan fingerprint density at radius 2 is 2.15 bits per heavy atom. The lowest BCUT2D eigenvalue weighted by Crippen LogP contribution is -2.24. The SMILES string of the molecule is CC(SCc1ccc(Cl)cc1)C(=O)Nc1nccn1C. The summed E-state index contributed by atoms with van der Waals surface area (Å²) >= 11 is 7.42. The minimum absolute atomic E-state index is 0.0433. The zero-order chi connectivity index (χ0) is 14.5. The number of imidazole rings is 1. The number of nitrogens with zero attached hydrogens (tertiary/aromatic N) is 2. The number of hydrogen-bond donors (Lipinski definition) is 1. The number of amides is 1. The number of carbonyl (C=O) groups is 1. The van der Waals surface area contributed by atoms with Crippen molar-refractivity contribution in [2.45, 2.75) is 17.9 Å². The van der Waals surface area contributed by atoms with E-state index >= 15 is 0 Å². The first kappa shape index (κ1) is 14.9. The van der Waals surface area contributed by atoms with Crippen LogP contribution in [0.3, 0.4) is 0 Å². The first-order chi connectivity index (χ1) is 9.56. The molecule has 6 heteroatoms. The standard InChI is InChI=1S/C14H16ClN3OS/c1-10(13(19)17-14-16-7-8-18(14)2)20-9-11-3-5-12(15)6-4-11/h3-8,10H,9H2,1-2H3,(H,16,17,19). The molecule has 1 N–H and O–H groups in total. The second kappa shape index (κ2) is 6.81. The highest BCUT2D eigenvalue weighted by Gasteiger charge is 2.15. The number of nitrogens with one attached hydrogen (secondary N) is 1. The molecular formula is C14H16ClN3OS. The third-order valence-electron chi connectivity index (χ3n) is 2.84. The Labute approximate surface area is 127 Å². The van der Waals surface area contributed by atoms with Crippen molar-refractivity contribution in [2.24, 2.45) is 7.05 Å². The van der Waals surface area contributed by atoms with Crippen LogP contribution in [0.15, 0.2) is 36.7 Å². The van der Waals surface area contributed by atoms with Gasteiger partial charge in [-0.05, 0) is 24.6 Å². The van der Waals surface area contributed by atoms with Gasteiger partial charge in [0.2, 0.25) is 11.9 Å². The smallest absolute Gasteiger partial charge is 0.239 e. The topological polar surface area (TPSA) is 46.9 Å². The van der Waals surface area contributed by atoms with Crippen LogP contribution >= 0.6 is 23.4 Å². The molecule has 106 valence electrons. The monoisotopic (exact) mass is 309 g/mol. The average molecular weight is 310 g/mol. The molecule has 0 aliphatic heterocycles. The van der Waals surface area contributed by atoms with Gasteiger partial charge in [0.1, 0.15) is 0 Å². The predicted octanol–water partition coefficient (Wildman–Crippen LogP) is 3.33. The van der Waals surface area contributed by atoms with E-state index in [2.05, 4.69) is 10.3 Å². The fourth-order valence-corrected chi connectivity index (χ4v) is 2.55. The van der Waals surface area contributed by atoms with Gasteiger partial charge < -0.3 is 4.57 Å². The Balaban J connectivity index is 1.85. The van der Waals surface area contributed by atoms with E-state index in [0.717, 1.165) is 16.3 Å². The molecule has 2 aromatic rings. The summed E-state index contributed by atoms with van der Waals surface area (Å²) in [6.45, 7) is 1.89. The zero-order valence-electron chi connectivity index (χ0n) is 11.3. The molecule has 1 aromatic heterocycles. The van der Waals surface area contributed by atoms with E-state index < -0.39 is 0 Å². The molecule has 1 amide bonds. The van der Waals surface area contributed by atoms with Gasteiger partial charge >= 0.3 is 0 Å². The molecule has 1 atom stereocenters. The largest absolute Gasteiger partial charge is 0.320 e. The highest BCUT2D eigenvalue weighted by molar-refractivity contribution is 7.99. The van der Waals surface area contributed by atoms with Gasteiger partial charge in [-0.15, -0.1) is 11.8 Å². The molecule has 0 spiro atoms. The molecule has 1 unspecified atom stereocenters. The molecule has 0 fully saturated rings. The Bertz CT molecular complexity index is 582. The van der Waals surface area contributed by atoms with Gasteiger partial charge in [0, 0.05) is 30.2 Å². The van der Waals surface area contributed by atoms with Crippen LogP contribution in [-0.4, -0.2) is 20.7 Å². The van der Waals surface area contributed by atoms with Crippen LogP contribution in [-0.2, 0) is 17.6 Å². The van der Waals surface area contributed by atoms with Crippen LogP contribution < -0.4 is 5.32 Å². The van der Waals surface area contributed by atoms with Crippen LogP contribution in [0.1, 0.15) is 12.5 Å². The average Bonchev–Trinajstić information content (AvgIpc) is 2.83. The molecule has 0 bridgehead atoms. The third kappa shape index (κ3) is 4.02. The van der Waals surface area contributed by atoms with Crippen LogP contribution in [0.25, 0.3) is 0 Å². The lowest BCUT2D eigenvalue weighted by atomic mass is 10.2. The highest BCUT2D eigenvalue weighted by Crippen LogP contribution is 2.20. The maximum absolute atomic E-state index is 12.0. The number of hydrogen-bond acceptors (Lipinski definition) is 3. The van der Waals surface area contributed by atoms with E-state index in [0.29, 0.717) is 5.95 Å². The number of carbonyl (C=O) groups excluding carboxylic acids is 1. The van der Waals surface area contributed by atoms with Crippen molar-refractivity contribution < 1.29 is 4.79 Å². The summed E-state index contributed by atoms with van der Waals surface area (Å²) in [4.78, 5) is 16.1. The van der Waals surface area contributed by atoms with Crippen molar-refractivity contribution in [3.8, 4) is 0 Å². The summed E-state index contributed by atoms with van der Waals surface area (Å²) in [6.07, 6.45) is 3.45. The van der Waals surface area contributed by atoms with Gasteiger partial charge in [-0.25, -0.2) is 4.98 Å². The number of aryl methyl sites for hydroxylation is 1. The summed E-state index contributed by atoms with van der Waals surface area (Å²) in [5.41, 5.74) is 1.15. The molecule has 0 saturated carbocycles. The van der Waals surface area contributed by atoms with Crippen LogP contribution in [0.4, 0.5) is 5.95 Å². The maximum atomic E-state index is 12.0. The quantitative estimate of drug-likeness (QED) is 0.921. The van der Waals surface area contributed by atoms with Crippen molar-refractivity contribution in [3.63, 3.8) is 0 Å². The molecule has 0 aliphatic rings. The van der Waals surface area contributed by atoms with Crippen molar-refractivity contribution >= 4 is 35.2 Å². The van der Waals surface area contributed by atoms with Crippen molar-refractivity contribution in [1.82, 2.24) is 9.55 Å². The fourth-order valence-electron chi connectivity index (χ4n) is 1.58. The van der Waals surface area contributed by atoms with E-state index in [4.69, 9.17) is 11.6 Å². The molecule has 0 radical (unpaired) electrons. The Morgan fingerprint density at radius 3 is 2.75 bits per heavy atom. The van der Waals surface area contributed by atoms with E-state index in [1.807, 2.05) is 38.2 Å². The predicted molar refractivity (Wildman–Crippen MR) is 84.0 cm³/mol. The number of thioether (sulfide) groups is 1. The van der Waals surface area contributed by atoms with Gasteiger partial charge in [0.25, 0.3) is 0 Å². The van der Waals surface area contributed by atoms with Gasteiger partial charge in [-0.2, -0.15) is 0 Å². The summed E-state index contributed by atoms with van der Waals surface area (Å²) < 4.78 is 1.77.